The monoisotopic (exact) mass is 1240 g/mol. The van der Waals surface area contributed by atoms with Crippen LogP contribution in [0.2, 0.25) is 0 Å². The molecule has 0 bridgehead atoms. The van der Waals surface area contributed by atoms with Gasteiger partial charge in [0, 0.05) is 25.7 Å². The number of ether oxygens (including phenoxy) is 4. The van der Waals surface area contributed by atoms with E-state index >= 15 is 0 Å². The average Bonchev–Trinajstić information content (AvgIpc) is 3.53. The van der Waals surface area contributed by atoms with E-state index in [1.165, 1.54) is 122 Å². The molecule has 0 rings (SSSR count). The summed E-state index contributed by atoms with van der Waals surface area (Å²) in [6.45, 7) is 11.7. The summed E-state index contributed by atoms with van der Waals surface area (Å²) >= 11 is 0. The number of carbonyl (C=O) groups is 4. The molecule has 0 heterocycles. The molecule has 0 saturated heterocycles. The number of phosphoric acid groups is 2. The number of carbonyl (C=O) groups excluding carboxylic acids is 4. The van der Waals surface area contributed by atoms with Crippen molar-refractivity contribution in [3.8, 4) is 0 Å². The van der Waals surface area contributed by atoms with Crippen molar-refractivity contribution >= 4 is 39.5 Å². The van der Waals surface area contributed by atoms with Crippen molar-refractivity contribution < 1.29 is 80.2 Å². The summed E-state index contributed by atoms with van der Waals surface area (Å²) in [5, 5.41) is 10.5. The molecule has 0 radical (unpaired) electrons. The fraction of sp³-hybridized carbons (Fsp3) is 0.938. The lowest BCUT2D eigenvalue weighted by atomic mass is 10.0. The Morgan fingerprint density at radius 3 is 0.810 bits per heavy atom. The molecular formula is C65H126O17P2. The summed E-state index contributed by atoms with van der Waals surface area (Å²) in [4.78, 5) is 72.2. The zero-order chi connectivity index (χ0) is 62.4. The van der Waals surface area contributed by atoms with Crippen LogP contribution in [0.25, 0.3) is 0 Å². The van der Waals surface area contributed by atoms with Crippen molar-refractivity contribution in [2.75, 3.05) is 39.6 Å². The molecule has 0 aromatic heterocycles. The number of phosphoric ester groups is 2. The molecular weight excluding hydrogens is 1110 g/mol. The standard InChI is InChI=1S/C65H126O17P2/c1-8-9-10-11-12-13-14-18-25-34-41-48-64(69)82-61(53-76-63(68)47-40-33-28-27-31-38-45-58(6)7)55-80-84(73,74)78-51-59(66)50-77-83(71,72)79-54-60(52-75-62(67)46-39-32-24-21-20-23-30-37-44-57(4)5)81-65(70)49-42-35-26-19-16-15-17-22-29-36-43-56(2)3/h56-61,66H,8-55H2,1-7H3,(H,71,72)(H,73,74)/t59-,60-,61-/m1/s1. The summed E-state index contributed by atoms with van der Waals surface area (Å²) in [5.41, 5.74) is 0. The molecule has 0 fully saturated rings. The van der Waals surface area contributed by atoms with Gasteiger partial charge < -0.3 is 33.8 Å². The van der Waals surface area contributed by atoms with Crippen molar-refractivity contribution in [3.05, 3.63) is 0 Å². The van der Waals surface area contributed by atoms with E-state index in [0.29, 0.717) is 31.6 Å². The van der Waals surface area contributed by atoms with Gasteiger partial charge in [-0.2, -0.15) is 0 Å². The van der Waals surface area contributed by atoms with Crippen LogP contribution in [0, 0.1) is 17.8 Å². The van der Waals surface area contributed by atoms with Crippen molar-refractivity contribution in [2.24, 2.45) is 17.8 Å². The molecule has 0 aromatic carbocycles. The van der Waals surface area contributed by atoms with E-state index in [-0.39, 0.29) is 25.7 Å². The molecule has 2 unspecified atom stereocenters. The van der Waals surface area contributed by atoms with E-state index < -0.39 is 97.5 Å². The highest BCUT2D eigenvalue weighted by atomic mass is 31.2. The molecule has 0 aliphatic rings. The number of hydrogen-bond acceptors (Lipinski definition) is 15. The topological polar surface area (TPSA) is 237 Å². The first-order valence-electron chi connectivity index (χ1n) is 33.8. The smallest absolute Gasteiger partial charge is 0.462 e. The normalized spacial score (nSPS) is 14.3. The number of unbranched alkanes of at least 4 members (excludes halogenated alkanes) is 31. The van der Waals surface area contributed by atoms with E-state index in [4.69, 9.17) is 37.0 Å². The van der Waals surface area contributed by atoms with Crippen LogP contribution in [0.5, 0.6) is 0 Å². The van der Waals surface area contributed by atoms with E-state index in [0.717, 1.165) is 108 Å². The highest BCUT2D eigenvalue weighted by Gasteiger charge is 2.30. The number of aliphatic hydroxyl groups excluding tert-OH is 1. The maximum atomic E-state index is 13.0. The second-order valence-corrected chi connectivity index (χ2v) is 27.8. The Labute approximate surface area is 511 Å². The molecule has 3 N–H and O–H groups in total. The van der Waals surface area contributed by atoms with Crippen LogP contribution in [-0.4, -0.2) is 96.7 Å². The molecule has 0 amide bonds. The lowest BCUT2D eigenvalue weighted by Gasteiger charge is -2.21. The first-order valence-corrected chi connectivity index (χ1v) is 36.8. The maximum Gasteiger partial charge on any atom is 0.472 e. The molecule has 0 aliphatic heterocycles. The quantitative estimate of drug-likeness (QED) is 0.0222. The van der Waals surface area contributed by atoms with Gasteiger partial charge in [-0.3, -0.25) is 37.3 Å². The van der Waals surface area contributed by atoms with Gasteiger partial charge in [0.25, 0.3) is 0 Å². The van der Waals surface area contributed by atoms with Crippen molar-refractivity contribution in [1.29, 1.82) is 0 Å². The molecule has 17 nitrogen and oxygen atoms in total. The fourth-order valence-corrected chi connectivity index (χ4v) is 11.2. The second kappa shape index (κ2) is 56.3. The third kappa shape index (κ3) is 59.0. The third-order valence-electron chi connectivity index (χ3n) is 14.9. The number of esters is 4. The minimum atomic E-state index is -4.95. The summed E-state index contributed by atoms with van der Waals surface area (Å²) < 4.78 is 68.0. The molecule has 19 heteroatoms. The second-order valence-electron chi connectivity index (χ2n) is 24.9. The van der Waals surface area contributed by atoms with Gasteiger partial charge in [0.2, 0.25) is 0 Å². The van der Waals surface area contributed by atoms with Gasteiger partial charge in [-0.05, 0) is 43.4 Å². The van der Waals surface area contributed by atoms with Gasteiger partial charge in [0.15, 0.2) is 12.2 Å². The van der Waals surface area contributed by atoms with Crippen LogP contribution in [0.15, 0.2) is 0 Å². The molecule has 84 heavy (non-hydrogen) atoms. The molecule has 498 valence electrons. The van der Waals surface area contributed by atoms with Crippen LogP contribution in [-0.2, 0) is 65.4 Å². The first kappa shape index (κ1) is 82.1. The SMILES string of the molecule is CCCCCCCCCCCCCC(=O)O[C@H](COC(=O)CCCCCCCCC(C)C)COP(=O)(O)OC[C@H](O)COP(=O)(O)OC[C@@H](COC(=O)CCCCCCCCCCC(C)C)OC(=O)CCCCCCCCCCCCC(C)C. The Bertz CT molecular complexity index is 1660. The van der Waals surface area contributed by atoms with Gasteiger partial charge in [0.1, 0.15) is 19.3 Å². The molecule has 0 spiro atoms. The van der Waals surface area contributed by atoms with Crippen LogP contribution in [0.1, 0.15) is 318 Å². The van der Waals surface area contributed by atoms with Gasteiger partial charge in [0.05, 0.1) is 26.4 Å². The zero-order valence-corrected chi connectivity index (χ0v) is 56.1. The highest BCUT2D eigenvalue weighted by Crippen LogP contribution is 2.45. The Balaban J connectivity index is 5.25. The lowest BCUT2D eigenvalue weighted by Crippen LogP contribution is -2.30. The van der Waals surface area contributed by atoms with Gasteiger partial charge in [-0.15, -0.1) is 0 Å². The first-order chi connectivity index (χ1) is 40.2. The fourth-order valence-electron chi connectivity index (χ4n) is 9.66. The Hall–Kier alpha value is -1.94. The van der Waals surface area contributed by atoms with Crippen LogP contribution in [0.4, 0.5) is 0 Å². The van der Waals surface area contributed by atoms with Crippen LogP contribution < -0.4 is 0 Å². The number of hydrogen-bond donors (Lipinski definition) is 3. The van der Waals surface area contributed by atoms with Crippen LogP contribution in [0.3, 0.4) is 0 Å². The van der Waals surface area contributed by atoms with Crippen molar-refractivity contribution in [1.82, 2.24) is 0 Å². The summed E-state index contributed by atoms with van der Waals surface area (Å²) in [6.07, 6.45) is 37.7. The predicted octanol–water partition coefficient (Wildman–Crippen LogP) is 17.9. The largest absolute Gasteiger partial charge is 0.472 e. The van der Waals surface area contributed by atoms with E-state index in [1.54, 1.807) is 0 Å². The zero-order valence-electron chi connectivity index (χ0n) is 54.4. The van der Waals surface area contributed by atoms with Crippen molar-refractivity contribution in [2.45, 2.75) is 336 Å². The Morgan fingerprint density at radius 2 is 0.548 bits per heavy atom. The molecule has 5 atom stereocenters. The summed E-state index contributed by atoms with van der Waals surface area (Å²) in [5.74, 6) is 0.0225. The molecule has 0 saturated carbocycles. The van der Waals surface area contributed by atoms with E-state index in [9.17, 15) is 43.2 Å². The lowest BCUT2D eigenvalue weighted by molar-refractivity contribution is -0.161. The van der Waals surface area contributed by atoms with Crippen LogP contribution >= 0.6 is 15.6 Å². The minimum Gasteiger partial charge on any atom is -0.462 e. The third-order valence-corrected chi connectivity index (χ3v) is 16.8. The average molecular weight is 1240 g/mol. The predicted molar refractivity (Wildman–Crippen MR) is 335 cm³/mol. The Morgan fingerprint density at radius 1 is 0.321 bits per heavy atom. The maximum absolute atomic E-state index is 13.0. The van der Waals surface area contributed by atoms with Gasteiger partial charge in [-0.25, -0.2) is 9.13 Å². The number of rotatable bonds is 63. The summed E-state index contributed by atoms with van der Waals surface area (Å²) in [7, 11) is -9.89. The van der Waals surface area contributed by atoms with Gasteiger partial charge >= 0.3 is 39.5 Å². The molecule has 0 aliphatic carbocycles. The molecule has 0 aromatic rings. The van der Waals surface area contributed by atoms with Crippen molar-refractivity contribution in [3.63, 3.8) is 0 Å². The van der Waals surface area contributed by atoms with E-state index in [1.807, 2.05) is 0 Å². The van der Waals surface area contributed by atoms with E-state index in [2.05, 4.69) is 48.5 Å². The summed E-state index contributed by atoms with van der Waals surface area (Å²) in [6, 6.07) is 0. The van der Waals surface area contributed by atoms with Gasteiger partial charge in [-0.1, -0.05) is 267 Å². The highest BCUT2D eigenvalue weighted by molar-refractivity contribution is 7.47. The Kier molecular flexibility index (Phi) is 55.0. The minimum absolute atomic E-state index is 0.105. The number of aliphatic hydroxyl groups is 1.